The largest absolute Gasteiger partial charge is 0.377 e. The minimum atomic E-state index is 0.135. The van der Waals surface area contributed by atoms with Crippen molar-refractivity contribution >= 4 is 21.6 Å². The Bertz CT molecular complexity index is 582. The number of aryl methyl sites for hydroxylation is 3. The zero-order chi connectivity index (χ0) is 15.4. The molecular formula is C18H23BrN2. The SMILES string of the molecule is CCc1ccc(C(CN)Nc2cc(C)c(Br)c(C)c2)cc1. The Morgan fingerprint density at radius 2 is 1.67 bits per heavy atom. The van der Waals surface area contributed by atoms with Crippen molar-refractivity contribution in [2.24, 2.45) is 5.73 Å². The normalized spacial score (nSPS) is 12.2. The minimum absolute atomic E-state index is 0.135. The van der Waals surface area contributed by atoms with Crippen molar-refractivity contribution in [2.75, 3.05) is 11.9 Å². The summed E-state index contributed by atoms with van der Waals surface area (Å²) in [4.78, 5) is 0. The number of rotatable bonds is 5. The van der Waals surface area contributed by atoms with Gasteiger partial charge in [-0.1, -0.05) is 47.1 Å². The molecule has 2 aromatic carbocycles. The summed E-state index contributed by atoms with van der Waals surface area (Å²) in [5, 5.41) is 3.55. The molecule has 0 amide bonds. The molecule has 112 valence electrons. The van der Waals surface area contributed by atoms with E-state index in [1.54, 1.807) is 0 Å². The van der Waals surface area contributed by atoms with Crippen molar-refractivity contribution in [3.63, 3.8) is 0 Å². The average Bonchev–Trinajstić information content (AvgIpc) is 2.50. The fourth-order valence-electron chi connectivity index (χ4n) is 2.49. The van der Waals surface area contributed by atoms with E-state index in [0.29, 0.717) is 6.54 Å². The number of anilines is 1. The van der Waals surface area contributed by atoms with Crippen molar-refractivity contribution in [2.45, 2.75) is 33.2 Å². The molecule has 2 nitrogen and oxygen atoms in total. The third kappa shape index (κ3) is 3.86. The molecule has 2 aromatic rings. The monoisotopic (exact) mass is 346 g/mol. The van der Waals surface area contributed by atoms with Crippen LogP contribution in [0.1, 0.15) is 35.2 Å². The van der Waals surface area contributed by atoms with Crippen LogP contribution < -0.4 is 11.1 Å². The van der Waals surface area contributed by atoms with Crippen LogP contribution in [0.5, 0.6) is 0 Å². The maximum absolute atomic E-state index is 5.96. The summed E-state index contributed by atoms with van der Waals surface area (Å²) in [6, 6.07) is 13.1. The Balaban J connectivity index is 2.22. The van der Waals surface area contributed by atoms with Gasteiger partial charge in [0, 0.05) is 16.7 Å². The summed E-state index contributed by atoms with van der Waals surface area (Å²) < 4.78 is 1.17. The van der Waals surface area contributed by atoms with Crippen LogP contribution in [0.2, 0.25) is 0 Å². The molecule has 21 heavy (non-hydrogen) atoms. The summed E-state index contributed by atoms with van der Waals surface area (Å²) >= 11 is 3.60. The van der Waals surface area contributed by atoms with Crippen LogP contribution in [0.4, 0.5) is 5.69 Å². The Morgan fingerprint density at radius 1 is 1.10 bits per heavy atom. The number of nitrogens with one attached hydrogen (secondary N) is 1. The molecule has 0 bridgehead atoms. The zero-order valence-corrected chi connectivity index (χ0v) is 14.5. The Morgan fingerprint density at radius 3 is 2.14 bits per heavy atom. The van der Waals surface area contributed by atoms with Crippen LogP contribution in [0, 0.1) is 13.8 Å². The van der Waals surface area contributed by atoms with Gasteiger partial charge in [0.15, 0.2) is 0 Å². The predicted octanol–water partition coefficient (Wildman–Crippen LogP) is 4.74. The molecule has 0 aromatic heterocycles. The molecule has 0 radical (unpaired) electrons. The van der Waals surface area contributed by atoms with Gasteiger partial charge in [0.05, 0.1) is 6.04 Å². The molecule has 0 aliphatic heterocycles. The molecule has 0 saturated heterocycles. The molecule has 1 atom stereocenters. The molecule has 0 aliphatic rings. The second kappa shape index (κ2) is 7.10. The number of benzene rings is 2. The van der Waals surface area contributed by atoms with Gasteiger partial charge >= 0.3 is 0 Å². The first kappa shape index (κ1) is 16.1. The Hall–Kier alpha value is -1.32. The molecule has 3 heteroatoms. The van der Waals surface area contributed by atoms with Gasteiger partial charge in [-0.25, -0.2) is 0 Å². The van der Waals surface area contributed by atoms with Gasteiger partial charge in [0.2, 0.25) is 0 Å². The summed E-state index contributed by atoms with van der Waals surface area (Å²) in [6.45, 7) is 6.95. The van der Waals surface area contributed by atoms with Gasteiger partial charge in [-0.15, -0.1) is 0 Å². The minimum Gasteiger partial charge on any atom is -0.377 e. The Kier molecular flexibility index (Phi) is 5.43. The van der Waals surface area contributed by atoms with E-state index in [9.17, 15) is 0 Å². The first-order chi connectivity index (χ1) is 10.0. The van der Waals surface area contributed by atoms with E-state index < -0.39 is 0 Å². The summed E-state index contributed by atoms with van der Waals surface area (Å²) in [7, 11) is 0. The van der Waals surface area contributed by atoms with E-state index in [2.05, 4.69) is 78.4 Å². The van der Waals surface area contributed by atoms with Gasteiger partial charge in [-0.05, 0) is 54.7 Å². The van der Waals surface area contributed by atoms with Gasteiger partial charge in [-0.2, -0.15) is 0 Å². The van der Waals surface area contributed by atoms with Crippen LogP contribution in [-0.2, 0) is 6.42 Å². The van der Waals surface area contributed by atoms with E-state index in [0.717, 1.165) is 12.1 Å². The van der Waals surface area contributed by atoms with E-state index in [-0.39, 0.29) is 6.04 Å². The van der Waals surface area contributed by atoms with Gasteiger partial charge < -0.3 is 11.1 Å². The lowest BCUT2D eigenvalue weighted by molar-refractivity contribution is 0.789. The Labute approximate surface area is 135 Å². The van der Waals surface area contributed by atoms with Gasteiger partial charge in [0.1, 0.15) is 0 Å². The van der Waals surface area contributed by atoms with Crippen LogP contribution in [0.25, 0.3) is 0 Å². The topological polar surface area (TPSA) is 38.0 Å². The van der Waals surface area contributed by atoms with Crippen molar-refractivity contribution in [3.05, 3.63) is 63.1 Å². The highest BCUT2D eigenvalue weighted by molar-refractivity contribution is 9.10. The van der Waals surface area contributed by atoms with Crippen molar-refractivity contribution in [1.29, 1.82) is 0 Å². The van der Waals surface area contributed by atoms with Gasteiger partial charge in [0.25, 0.3) is 0 Å². The highest BCUT2D eigenvalue weighted by Gasteiger charge is 2.11. The number of nitrogens with two attached hydrogens (primary N) is 1. The van der Waals surface area contributed by atoms with Crippen LogP contribution in [0.15, 0.2) is 40.9 Å². The van der Waals surface area contributed by atoms with E-state index in [1.807, 2.05) is 0 Å². The summed E-state index contributed by atoms with van der Waals surface area (Å²) in [5.41, 5.74) is 12.1. The van der Waals surface area contributed by atoms with E-state index in [1.165, 1.54) is 26.7 Å². The lowest BCUT2D eigenvalue weighted by atomic mass is 10.0. The quantitative estimate of drug-likeness (QED) is 0.820. The second-order valence-corrected chi connectivity index (χ2v) is 6.24. The first-order valence-corrected chi connectivity index (χ1v) is 8.16. The van der Waals surface area contributed by atoms with Crippen molar-refractivity contribution < 1.29 is 0 Å². The van der Waals surface area contributed by atoms with Crippen LogP contribution in [-0.4, -0.2) is 6.54 Å². The van der Waals surface area contributed by atoms with Crippen LogP contribution in [0.3, 0.4) is 0 Å². The molecule has 0 aliphatic carbocycles. The highest BCUT2D eigenvalue weighted by atomic mass is 79.9. The molecule has 3 N–H and O–H groups in total. The van der Waals surface area contributed by atoms with Crippen LogP contribution >= 0.6 is 15.9 Å². The second-order valence-electron chi connectivity index (χ2n) is 5.45. The van der Waals surface area contributed by atoms with Crippen molar-refractivity contribution in [1.82, 2.24) is 0 Å². The lowest BCUT2D eigenvalue weighted by Gasteiger charge is -2.20. The van der Waals surface area contributed by atoms with E-state index in [4.69, 9.17) is 5.73 Å². The predicted molar refractivity (Wildman–Crippen MR) is 94.9 cm³/mol. The van der Waals surface area contributed by atoms with Gasteiger partial charge in [-0.3, -0.25) is 0 Å². The third-order valence-corrected chi connectivity index (χ3v) is 5.05. The maximum atomic E-state index is 5.96. The summed E-state index contributed by atoms with van der Waals surface area (Å²) in [6.07, 6.45) is 1.06. The average molecular weight is 347 g/mol. The van der Waals surface area contributed by atoms with E-state index >= 15 is 0 Å². The first-order valence-electron chi connectivity index (χ1n) is 7.37. The molecule has 0 heterocycles. The smallest absolute Gasteiger partial charge is 0.0636 e. The molecule has 0 fully saturated rings. The third-order valence-electron chi connectivity index (χ3n) is 3.80. The number of hydrogen-bond acceptors (Lipinski definition) is 2. The molecule has 2 rings (SSSR count). The zero-order valence-electron chi connectivity index (χ0n) is 12.9. The fraction of sp³-hybridized carbons (Fsp3) is 0.333. The molecule has 0 spiro atoms. The highest BCUT2D eigenvalue weighted by Crippen LogP contribution is 2.27. The molecular weight excluding hydrogens is 324 g/mol. The maximum Gasteiger partial charge on any atom is 0.0636 e. The number of hydrogen-bond donors (Lipinski definition) is 2. The molecule has 0 saturated carbocycles. The number of halogens is 1. The standard InChI is InChI=1S/C18H23BrN2/c1-4-14-5-7-15(8-6-14)17(11-20)21-16-9-12(2)18(19)13(3)10-16/h5-10,17,21H,4,11,20H2,1-3H3. The molecule has 1 unspecified atom stereocenters. The lowest BCUT2D eigenvalue weighted by Crippen LogP contribution is -2.20. The summed E-state index contributed by atoms with van der Waals surface area (Å²) in [5.74, 6) is 0. The fourth-order valence-corrected chi connectivity index (χ4v) is 2.72. The van der Waals surface area contributed by atoms with Crippen molar-refractivity contribution in [3.8, 4) is 0 Å².